The first-order chi connectivity index (χ1) is 5.71. The molecule has 0 aromatic rings. The minimum Gasteiger partial charge on any atom is -0.790 e. The van der Waals surface area contributed by atoms with Gasteiger partial charge in [-0.25, -0.2) is 0 Å². The fraction of sp³-hybridized carbons (Fsp3) is 0. The van der Waals surface area contributed by atoms with Crippen molar-refractivity contribution in [2.24, 2.45) is 0 Å². The van der Waals surface area contributed by atoms with Crippen LogP contribution in [0.15, 0.2) is 0 Å². The number of rotatable bonds is 2. The normalized spacial score (nSPS) is 10.8. The molecule has 0 aliphatic heterocycles. The predicted molar refractivity (Wildman–Crippen MR) is 34.1 cm³/mol. The first-order valence-electron chi connectivity index (χ1n) is 2.23. The van der Waals surface area contributed by atoms with E-state index in [1.165, 1.54) is 0 Å². The maximum absolute atomic E-state index is 9.32. The van der Waals surface area contributed by atoms with Gasteiger partial charge in [0.05, 0.1) is 15.6 Å². The van der Waals surface area contributed by atoms with Crippen LogP contribution in [-0.4, -0.2) is 32.8 Å². The van der Waals surface area contributed by atoms with Gasteiger partial charge in [0.25, 0.3) is 7.82 Å². The fourth-order valence-corrected chi connectivity index (χ4v) is 1.10. The molecule has 0 fully saturated rings. The Morgan fingerprint density at radius 2 is 0.941 bits per heavy atom. The molecule has 0 atom stereocenters. The fourth-order valence-electron chi connectivity index (χ4n) is 0.122. The van der Waals surface area contributed by atoms with E-state index in [1.807, 2.05) is 0 Å². The summed E-state index contributed by atoms with van der Waals surface area (Å²) < 4.78 is 29.9. The molecule has 94 valence electrons. The van der Waals surface area contributed by atoms with Crippen LogP contribution in [0, 0.1) is 0 Å². The Labute approximate surface area is 144 Å². The average molecular weight is 374 g/mol. The molecule has 0 aromatic carbocycles. The molecule has 17 heteroatoms. The van der Waals surface area contributed by atoms with Crippen LogP contribution in [0.5, 0.6) is 0 Å². The van der Waals surface area contributed by atoms with E-state index in [2.05, 4.69) is 4.31 Å². The van der Waals surface area contributed by atoms with Gasteiger partial charge in [-0.05, 0) is 0 Å². The SMILES string of the molecule is O=P([O-])(O)O.O=P([O-])([O-])OP(=O)([O-])[O-].[Fe+2].[Mg+2].[Na+]. The Kier molecular flexibility index (Phi) is 23.2. The molecule has 17 heavy (non-hydrogen) atoms. The van der Waals surface area contributed by atoms with Gasteiger partial charge in [0.2, 0.25) is 0 Å². The summed E-state index contributed by atoms with van der Waals surface area (Å²) in [5.74, 6) is 0. The second-order valence-corrected chi connectivity index (χ2v) is 4.89. The van der Waals surface area contributed by atoms with Crippen LogP contribution in [0.1, 0.15) is 0 Å². The van der Waals surface area contributed by atoms with Gasteiger partial charge in [-0.3, -0.25) is 4.57 Å². The first kappa shape index (κ1) is 31.8. The molecule has 0 saturated heterocycles. The summed E-state index contributed by atoms with van der Waals surface area (Å²) in [6, 6.07) is 0. The Balaban J connectivity index is -0.0000000533. The zero-order valence-electron chi connectivity index (χ0n) is 7.97. The molecule has 0 aromatic heterocycles. The van der Waals surface area contributed by atoms with E-state index >= 15 is 0 Å². The zero-order chi connectivity index (χ0) is 12.2. The van der Waals surface area contributed by atoms with E-state index in [0.29, 0.717) is 0 Å². The van der Waals surface area contributed by atoms with Gasteiger partial charge in [0.1, 0.15) is 0 Å². The summed E-state index contributed by atoms with van der Waals surface area (Å²) in [7, 11) is -16.2. The minimum atomic E-state index is -5.68. The minimum absolute atomic E-state index is 0. The molecular formula is H2FeMgNaO11P3. The van der Waals surface area contributed by atoms with Crippen molar-refractivity contribution in [3.8, 4) is 0 Å². The summed E-state index contributed by atoms with van der Waals surface area (Å²) in [4.78, 5) is 60.2. The topological polar surface area (TPSA) is 216 Å². The van der Waals surface area contributed by atoms with Gasteiger partial charge in [-0.15, -0.1) is 0 Å². The summed E-state index contributed by atoms with van der Waals surface area (Å²) >= 11 is 0. The van der Waals surface area contributed by atoms with Gasteiger partial charge in [-0.2, -0.15) is 0 Å². The van der Waals surface area contributed by atoms with Crippen LogP contribution in [0.25, 0.3) is 0 Å². The third-order valence-electron chi connectivity index (χ3n) is 0.200. The first-order valence-corrected chi connectivity index (χ1v) is 6.68. The van der Waals surface area contributed by atoms with Gasteiger partial charge in [0, 0.05) is 0 Å². The molecule has 0 aliphatic carbocycles. The van der Waals surface area contributed by atoms with E-state index in [4.69, 9.17) is 19.2 Å². The molecule has 0 radical (unpaired) electrons. The van der Waals surface area contributed by atoms with Crippen molar-refractivity contribution in [1.82, 2.24) is 0 Å². The Hall–Kier alpha value is 2.66. The quantitative estimate of drug-likeness (QED) is 0.341. The smallest absolute Gasteiger partial charge is 0.790 e. The third kappa shape index (κ3) is 69.1. The molecule has 11 nitrogen and oxygen atoms in total. The van der Waals surface area contributed by atoms with E-state index in [0.717, 1.165) is 0 Å². The summed E-state index contributed by atoms with van der Waals surface area (Å²) in [6.45, 7) is 0. The van der Waals surface area contributed by atoms with Crippen molar-refractivity contribution in [2.75, 3.05) is 0 Å². The number of phosphoric acid groups is 3. The van der Waals surface area contributed by atoms with E-state index < -0.39 is 23.5 Å². The van der Waals surface area contributed by atoms with Crippen molar-refractivity contribution in [3.63, 3.8) is 0 Å². The molecule has 0 rings (SSSR count). The van der Waals surface area contributed by atoms with E-state index in [-0.39, 0.29) is 69.7 Å². The zero-order valence-corrected chi connectivity index (χ0v) is 15.2. The van der Waals surface area contributed by atoms with Gasteiger partial charge in [0.15, 0.2) is 0 Å². The van der Waals surface area contributed by atoms with Crippen LogP contribution in [-0.2, 0) is 35.1 Å². The maximum Gasteiger partial charge on any atom is 2.00 e. The summed E-state index contributed by atoms with van der Waals surface area (Å²) in [5, 5.41) is 0. The van der Waals surface area contributed by atoms with Crippen LogP contribution >= 0.6 is 23.5 Å². The van der Waals surface area contributed by atoms with Crippen molar-refractivity contribution < 1.29 is 98.9 Å². The molecule has 2 N–H and O–H groups in total. The van der Waals surface area contributed by atoms with Crippen molar-refractivity contribution in [2.45, 2.75) is 0 Å². The second-order valence-electron chi connectivity index (χ2n) is 1.47. The van der Waals surface area contributed by atoms with Crippen LogP contribution in [0.2, 0.25) is 0 Å². The molecule has 0 bridgehead atoms. The maximum atomic E-state index is 9.32. The Morgan fingerprint density at radius 3 is 0.941 bits per heavy atom. The number of hydrogen-bond acceptors (Lipinski definition) is 9. The van der Waals surface area contributed by atoms with Crippen molar-refractivity contribution in [1.29, 1.82) is 0 Å². The number of hydrogen-bond donors (Lipinski definition) is 2. The van der Waals surface area contributed by atoms with E-state index in [9.17, 15) is 28.7 Å². The van der Waals surface area contributed by atoms with Gasteiger partial charge >= 0.3 is 69.7 Å². The summed E-state index contributed by atoms with van der Waals surface area (Å²) in [6.07, 6.45) is 0. The van der Waals surface area contributed by atoms with Crippen molar-refractivity contribution in [3.05, 3.63) is 0 Å². The molecule has 0 amide bonds. The Bertz CT molecular complexity index is 270. The Morgan fingerprint density at radius 1 is 0.824 bits per heavy atom. The molecular weight excluding hydrogens is 372 g/mol. The standard InChI is InChI=1S/Fe.Mg.Na.H4O7P2.H3O4P/c;;;1-8(2,3)7-9(4,5)6;1-5(2,3)4/h;;;(H2,1,2,3)(H2,4,5,6);(H3,1,2,3,4)/q2*+2;+1;;/p-5. The average Bonchev–Trinajstić information content (AvgIpc) is 1.42. The molecule has 0 heterocycles. The molecule has 0 spiro atoms. The summed E-state index contributed by atoms with van der Waals surface area (Å²) in [5.41, 5.74) is 0. The third-order valence-corrected chi connectivity index (χ3v) is 1.80. The molecule has 0 saturated carbocycles. The van der Waals surface area contributed by atoms with Crippen LogP contribution in [0.4, 0.5) is 0 Å². The van der Waals surface area contributed by atoms with Gasteiger partial charge in [-0.1, -0.05) is 0 Å². The second kappa shape index (κ2) is 12.4. The molecule has 0 unspecified atom stereocenters. The predicted octanol–water partition coefficient (Wildman–Crippen LogP) is -8.28. The molecule has 0 aliphatic rings. The van der Waals surface area contributed by atoms with E-state index in [1.54, 1.807) is 0 Å². The van der Waals surface area contributed by atoms with Gasteiger partial charge < -0.3 is 47.7 Å². The van der Waals surface area contributed by atoms with Crippen molar-refractivity contribution >= 4 is 46.5 Å². The largest absolute Gasteiger partial charge is 2.00 e. The monoisotopic (exact) mass is 374 g/mol. The van der Waals surface area contributed by atoms with Crippen LogP contribution < -0.4 is 54.0 Å². The van der Waals surface area contributed by atoms with Crippen LogP contribution in [0.3, 0.4) is 0 Å².